The second-order valence-electron chi connectivity index (χ2n) is 3.70. The number of rotatable bonds is 6. The van der Waals surface area contributed by atoms with Gasteiger partial charge in [-0.2, -0.15) is 0 Å². The molecular weight excluding hydrogens is 238 g/mol. The zero-order chi connectivity index (χ0) is 13.5. The maximum atomic E-state index is 11.6. The minimum atomic E-state index is -1.05. The van der Waals surface area contributed by atoms with E-state index in [4.69, 9.17) is 9.84 Å². The van der Waals surface area contributed by atoms with E-state index in [9.17, 15) is 14.7 Å². The van der Waals surface area contributed by atoms with Crippen molar-refractivity contribution in [2.45, 2.75) is 6.92 Å². The van der Waals surface area contributed by atoms with E-state index in [-0.39, 0.29) is 31.4 Å². The fourth-order valence-electron chi connectivity index (χ4n) is 1.29. The third-order valence-electron chi connectivity index (χ3n) is 2.22. The quantitative estimate of drug-likeness (QED) is 0.643. The van der Waals surface area contributed by atoms with Crippen LogP contribution in [-0.4, -0.2) is 41.8 Å². The Hall–Kier alpha value is -2.08. The molecule has 0 aromatic heterocycles. The number of carbonyl (C=O) groups is 2. The number of hydrogen-bond donors (Lipinski definition) is 3. The minimum Gasteiger partial charge on any atom is -0.508 e. The standard InChI is InChI=1S/C12H15NO5/c1-8-6-9(2-3-10(8)14)12(17)13-4-5-18-7-11(15)16/h2-3,6,14H,4-5,7H2,1H3,(H,13,17)(H,15,16). The van der Waals surface area contributed by atoms with Crippen LogP contribution in [0.3, 0.4) is 0 Å². The van der Waals surface area contributed by atoms with Gasteiger partial charge in [-0.3, -0.25) is 4.79 Å². The molecule has 0 aliphatic carbocycles. The highest BCUT2D eigenvalue weighted by Crippen LogP contribution is 2.16. The van der Waals surface area contributed by atoms with Crippen LogP contribution in [-0.2, 0) is 9.53 Å². The number of carboxylic acids is 1. The van der Waals surface area contributed by atoms with E-state index >= 15 is 0 Å². The van der Waals surface area contributed by atoms with Crippen molar-refractivity contribution in [2.75, 3.05) is 19.8 Å². The molecule has 98 valence electrons. The Labute approximate surface area is 104 Å². The number of ether oxygens (including phenoxy) is 1. The third kappa shape index (κ3) is 4.42. The van der Waals surface area contributed by atoms with Gasteiger partial charge in [-0.05, 0) is 30.7 Å². The van der Waals surface area contributed by atoms with Gasteiger partial charge in [0.2, 0.25) is 0 Å². The first-order valence-corrected chi connectivity index (χ1v) is 5.38. The van der Waals surface area contributed by atoms with E-state index in [0.717, 1.165) is 0 Å². The van der Waals surface area contributed by atoms with Crippen molar-refractivity contribution < 1.29 is 24.5 Å². The Morgan fingerprint density at radius 1 is 1.39 bits per heavy atom. The molecular formula is C12H15NO5. The molecule has 18 heavy (non-hydrogen) atoms. The summed E-state index contributed by atoms with van der Waals surface area (Å²) < 4.78 is 4.77. The molecule has 0 bridgehead atoms. The summed E-state index contributed by atoms with van der Waals surface area (Å²) in [5, 5.41) is 20.2. The molecule has 0 heterocycles. The van der Waals surface area contributed by atoms with Gasteiger partial charge in [0.05, 0.1) is 6.61 Å². The number of carbonyl (C=O) groups excluding carboxylic acids is 1. The Morgan fingerprint density at radius 3 is 2.72 bits per heavy atom. The maximum Gasteiger partial charge on any atom is 0.329 e. The molecule has 1 amide bonds. The summed E-state index contributed by atoms with van der Waals surface area (Å²) >= 11 is 0. The molecule has 1 rings (SSSR count). The fourth-order valence-corrected chi connectivity index (χ4v) is 1.29. The summed E-state index contributed by atoms with van der Waals surface area (Å²) in [6.45, 7) is 1.68. The number of nitrogens with one attached hydrogen (secondary N) is 1. The van der Waals surface area contributed by atoms with E-state index < -0.39 is 5.97 Å². The van der Waals surface area contributed by atoms with Gasteiger partial charge in [0.1, 0.15) is 12.4 Å². The second kappa shape index (κ2) is 6.61. The number of phenolic OH excluding ortho intramolecular Hbond substituents is 1. The number of aromatic hydroxyl groups is 1. The Bertz CT molecular complexity index is 444. The van der Waals surface area contributed by atoms with Crippen LogP contribution in [0.4, 0.5) is 0 Å². The second-order valence-corrected chi connectivity index (χ2v) is 3.70. The highest BCUT2D eigenvalue weighted by Gasteiger charge is 2.06. The molecule has 1 aromatic carbocycles. The van der Waals surface area contributed by atoms with E-state index in [2.05, 4.69) is 5.32 Å². The van der Waals surface area contributed by atoms with Crippen LogP contribution in [0.15, 0.2) is 18.2 Å². The lowest BCUT2D eigenvalue weighted by Gasteiger charge is -2.06. The zero-order valence-electron chi connectivity index (χ0n) is 9.97. The predicted octanol–water partition coefficient (Wildman–Crippen LogP) is 0.532. The molecule has 6 nitrogen and oxygen atoms in total. The minimum absolute atomic E-state index is 0.134. The molecule has 1 aromatic rings. The van der Waals surface area contributed by atoms with Gasteiger partial charge in [0.25, 0.3) is 5.91 Å². The van der Waals surface area contributed by atoms with E-state index in [1.165, 1.54) is 12.1 Å². The first-order valence-electron chi connectivity index (χ1n) is 5.38. The summed E-state index contributed by atoms with van der Waals surface area (Å²) in [5.74, 6) is -1.20. The molecule has 0 aliphatic rings. The molecule has 0 aliphatic heterocycles. The average molecular weight is 253 g/mol. The van der Waals surface area contributed by atoms with Crippen LogP contribution in [0.25, 0.3) is 0 Å². The molecule has 0 saturated carbocycles. The Morgan fingerprint density at radius 2 is 2.11 bits per heavy atom. The number of phenols is 1. The van der Waals surface area contributed by atoms with Crippen LogP contribution in [0, 0.1) is 6.92 Å². The predicted molar refractivity (Wildman–Crippen MR) is 63.6 cm³/mol. The SMILES string of the molecule is Cc1cc(C(=O)NCCOCC(=O)O)ccc1O. The van der Waals surface area contributed by atoms with Gasteiger partial charge in [-0.25, -0.2) is 4.79 Å². The van der Waals surface area contributed by atoms with E-state index in [0.29, 0.717) is 11.1 Å². The summed E-state index contributed by atoms with van der Waals surface area (Å²) in [5.41, 5.74) is 1.05. The number of benzene rings is 1. The van der Waals surface area contributed by atoms with Crippen molar-refractivity contribution in [2.24, 2.45) is 0 Å². The number of aryl methyl sites for hydroxylation is 1. The highest BCUT2D eigenvalue weighted by molar-refractivity contribution is 5.94. The third-order valence-corrected chi connectivity index (χ3v) is 2.22. The summed E-state index contributed by atoms with van der Waals surface area (Å²) in [6, 6.07) is 4.53. The van der Waals surface area contributed by atoms with Gasteiger partial charge in [0, 0.05) is 12.1 Å². The Kier molecular flexibility index (Phi) is 5.13. The molecule has 0 unspecified atom stereocenters. The molecule has 6 heteroatoms. The first-order chi connectivity index (χ1) is 8.50. The van der Waals surface area contributed by atoms with Gasteiger partial charge in [-0.15, -0.1) is 0 Å². The van der Waals surface area contributed by atoms with Gasteiger partial charge >= 0.3 is 5.97 Å². The Balaban J connectivity index is 2.36. The largest absolute Gasteiger partial charge is 0.508 e. The molecule has 0 fully saturated rings. The van der Waals surface area contributed by atoms with Crippen molar-refractivity contribution in [3.05, 3.63) is 29.3 Å². The van der Waals surface area contributed by atoms with Gasteiger partial charge in [-0.1, -0.05) is 0 Å². The first kappa shape index (κ1) is 14.0. The zero-order valence-corrected chi connectivity index (χ0v) is 9.97. The van der Waals surface area contributed by atoms with Crippen LogP contribution < -0.4 is 5.32 Å². The monoisotopic (exact) mass is 253 g/mol. The topological polar surface area (TPSA) is 95.9 Å². The average Bonchev–Trinajstić information content (AvgIpc) is 2.31. The van der Waals surface area contributed by atoms with Crippen molar-refractivity contribution in [3.8, 4) is 5.75 Å². The molecule has 3 N–H and O–H groups in total. The summed E-state index contributed by atoms with van der Waals surface area (Å²) in [4.78, 5) is 21.8. The lowest BCUT2D eigenvalue weighted by Crippen LogP contribution is -2.27. The van der Waals surface area contributed by atoms with Crippen LogP contribution >= 0.6 is 0 Å². The van der Waals surface area contributed by atoms with Crippen molar-refractivity contribution in [1.82, 2.24) is 5.32 Å². The summed E-state index contributed by atoms with van der Waals surface area (Å²) in [7, 11) is 0. The van der Waals surface area contributed by atoms with Crippen molar-refractivity contribution >= 4 is 11.9 Å². The maximum absolute atomic E-state index is 11.6. The molecule has 0 radical (unpaired) electrons. The van der Waals surface area contributed by atoms with Gasteiger partial charge < -0.3 is 20.3 Å². The van der Waals surface area contributed by atoms with Crippen molar-refractivity contribution in [1.29, 1.82) is 0 Å². The number of hydrogen-bond acceptors (Lipinski definition) is 4. The molecule has 0 saturated heterocycles. The molecule has 0 atom stereocenters. The smallest absolute Gasteiger partial charge is 0.329 e. The molecule has 0 spiro atoms. The number of aliphatic carboxylic acids is 1. The summed E-state index contributed by atoms with van der Waals surface area (Å²) in [6.07, 6.45) is 0. The van der Waals surface area contributed by atoms with E-state index in [1.807, 2.05) is 0 Å². The lowest BCUT2D eigenvalue weighted by molar-refractivity contribution is -0.142. The normalized spacial score (nSPS) is 10.1. The number of carboxylic acid groups (broad SMARTS) is 1. The van der Waals surface area contributed by atoms with Crippen LogP contribution in [0.1, 0.15) is 15.9 Å². The van der Waals surface area contributed by atoms with Crippen LogP contribution in [0.5, 0.6) is 5.75 Å². The number of amides is 1. The van der Waals surface area contributed by atoms with Gasteiger partial charge in [0.15, 0.2) is 0 Å². The van der Waals surface area contributed by atoms with Crippen molar-refractivity contribution in [3.63, 3.8) is 0 Å². The van der Waals surface area contributed by atoms with Crippen LogP contribution in [0.2, 0.25) is 0 Å². The highest BCUT2D eigenvalue weighted by atomic mass is 16.5. The fraction of sp³-hybridized carbons (Fsp3) is 0.333. The van der Waals surface area contributed by atoms with E-state index in [1.54, 1.807) is 13.0 Å². The lowest BCUT2D eigenvalue weighted by atomic mass is 10.1.